The number of rotatable bonds is 13. The van der Waals surface area contributed by atoms with Crippen LogP contribution in [0.15, 0.2) is 4.99 Å². The summed E-state index contributed by atoms with van der Waals surface area (Å²) in [5.74, 6) is 6.98. The van der Waals surface area contributed by atoms with E-state index in [1.165, 1.54) is 12.8 Å². The first-order valence-electron chi connectivity index (χ1n) is 10.6. The van der Waals surface area contributed by atoms with Crippen molar-refractivity contribution in [1.29, 1.82) is 0 Å². The van der Waals surface area contributed by atoms with Crippen molar-refractivity contribution in [2.75, 3.05) is 6.54 Å². The molecule has 1 amide bonds. The largest absolute Gasteiger partial charge is 0.377 e. The highest BCUT2D eigenvalue weighted by Gasteiger charge is 2.33. The van der Waals surface area contributed by atoms with Gasteiger partial charge in [-0.25, -0.2) is 4.99 Å². The Bertz CT molecular complexity index is 560. The van der Waals surface area contributed by atoms with Crippen LogP contribution in [0.4, 0.5) is 0 Å². The van der Waals surface area contributed by atoms with Gasteiger partial charge in [0.2, 0.25) is 5.91 Å². The normalized spacial score (nSPS) is 14.4. The maximum absolute atomic E-state index is 12.3. The van der Waals surface area contributed by atoms with Gasteiger partial charge in [-0.2, -0.15) is 0 Å². The van der Waals surface area contributed by atoms with Crippen molar-refractivity contribution in [2.24, 2.45) is 16.6 Å². The van der Waals surface area contributed by atoms with E-state index in [-0.39, 0.29) is 17.5 Å². The van der Waals surface area contributed by atoms with Gasteiger partial charge < -0.3 is 11.1 Å². The number of aliphatic imine (C=N–C) groups is 1. The molecule has 0 aromatic rings. The number of unbranched alkanes of at least 4 members (excludes halogenated alkanes) is 3. The smallest absolute Gasteiger partial charge is 0.220 e. The number of nitrogens with zero attached hydrogens (tertiary/aromatic N) is 1. The summed E-state index contributed by atoms with van der Waals surface area (Å²) in [5, 5.41) is 2.93. The maximum atomic E-state index is 12.3. The topological polar surface area (TPSA) is 84.5 Å². The van der Waals surface area contributed by atoms with E-state index in [2.05, 4.69) is 36.0 Å². The Morgan fingerprint density at radius 2 is 1.78 bits per heavy atom. The number of nitrogens with two attached hydrogens (primary N) is 1. The zero-order valence-electron chi connectivity index (χ0n) is 17.4. The van der Waals surface area contributed by atoms with E-state index in [9.17, 15) is 9.59 Å². The van der Waals surface area contributed by atoms with E-state index in [0.717, 1.165) is 44.9 Å². The summed E-state index contributed by atoms with van der Waals surface area (Å²) in [6.07, 6.45) is 9.89. The molecule has 1 aliphatic rings. The van der Waals surface area contributed by atoms with Crippen LogP contribution in [0.1, 0.15) is 91.4 Å². The third-order valence-electron chi connectivity index (χ3n) is 5.07. The molecule has 3 N–H and O–H groups in total. The standard InChI is InChI=1S/C22H37N3O2/c1-4-6-14-22(18(3)26,15-7-5-2)25-20(23)11-9-8-10-16-24-21(27)17-19-12-13-19/h19H,4-8,10,12-17H2,1-3H3,(H2,23,25)(H,24,27). The van der Waals surface area contributed by atoms with Crippen molar-refractivity contribution < 1.29 is 9.59 Å². The average Bonchev–Trinajstić information content (AvgIpc) is 3.44. The predicted molar refractivity (Wildman–Crippen MR) is 111 cm³/mol. The molecule has 1 saturated carbocycles. The first kappa shape index (κ1) is 23.2. The Morgan fingerprint density at radius 3 is 2.30 bits per heavy atom. The molecule has 0 aromatic heterocycles. The molecule has 0 heterocycles. The quantitative estimate of drug-likeness (QED) is 0.222. The van der Waals surface area contributed by atoms with Gasteiger partial charge in [-0.15, -0.1) is 0 Å². The van der Waals surface area contributed by atoms with Gasteiger partial charge in [-0.05, 0) is 50.9 Å². The van der Waals surface area contributed by atoms with Crippen molar-refractivity contribution in [3.63, 3.8) is 0 Å². The summed E-state index contributed by atoms with van der Waals surface area (Å²) in [5.41, 5.74) is 5.30. The lowest BCUT2D eigenvalue weighted by Gasteiger charge is -2.27. The van der Waals surface area contributed by atoms with Crippen LogP contribution in [0, 0.1) is 17.8 Å². The fourth-order valence-electron chi connectivity index (χ4n) is 3.08. The molecule has 5 heteroatoms. The number of ketones is 1. The van der Waals surface area contributed by atoms with Crippen LogP contribution in [-0.2, 0) is 9.59 Å². The number of hydrogen-bond acceptors (Lipinski definition) is 3. The third-order valence-corrected chi connectivity index (χ3v) is 5.07. The summed E-state index contributed by atoms with van der Waals surface area (Å²) in [6, 6.07) is 0. The molecule has 0 radical (unpaired) electrons. The van der Waals surface area contributed by atoms with E-state index in [1.807, 2.05) is 0 Å². The fourth-order valence-corrected chi connectivity index (χ4v) is 3.08. The highest BCUT2D eigenvalue weighted by molar-refractivity contribution is 6.00. The maximum Gasteiger partial charge on any atom is 0.220 e. The van der Waals surface area contributed by atoms with Crippen molar-refractivity contribution in [3.05, 3.63) is 0 Å². The fraction of sp³-hybridized carbons (Fsp3) is 0.773. The molecule has 0 aromatic carbocycles. The number of hydrogen-bond donors (Lipinski definition) is 2. The minimum Gasteiger partial charge on any atom is -0.377 e. The number of nitrogens with one attached hydrogen (secondary N) is 1. The van der Waals surface area contributed by atoms with Gasteiger partial charge >= 0.3 is 0 Å². The summed E-state index contributed by atoms with van der Waals surface area (Å²) < 4.78 is 0. The van der Waals surface area contributed by atoms with Gasteiger partial charge in [0.05, 0.1) is 0 Å². The van der Waals surface area contributed by atoms with Crippen molar-refractivity contribution >= 4 is 17.5 Å². The first-order valence-corrected chi connectivity index (χ1v) is 10.6. The summed E-state index contributed by atoms with van der Waals surface area (Å²) in [4.78, 5) is 28.5. The second-order valence-corrected chi connectivity index (χ2v) is 7.69. The molecule has 0 saturated heterocycles. The number of carbonyl (C=O) groups excluding carboxylic acids is 2. The van der Waals surface area contributed by atoms with Gasteiger partial charge in [-0.3, -0.25) is 9.59 Å². The highest BCUT2D eigenvalue weighted by atomic mass is 16.1. The van der Waals surface area contributed by atoms with Crippen molar-refractivity contribution in [1.82, 2.24) is 5.32 Å². The molecule has 152 valence electrons. The molecule has 0 spiro atoms. The second kappa shape index (κ2) is 12.5. The van der Waals surface area contributed by atoms with Crippen LogP contribution < -0.4 is 11.1 Å². The van der Waals surface area contributed by atoms with E-state index in [1.54, 1.807) is 6.92 Å². The lowest BCUT2D eigenvalue weighted by atomic mass is 9.84. The number of carbonyl (C=O) groups is 2. The third kappa shape index (κ3) is 9.60. The Hall–Kier alpha value is -1.83. The second-order valence-electron chi connectivity index (χ2n) is 7.69. The molecule has 5 nitrogen and oxygen atoms in total. The zero-order chi connectivity index (χ0) is 20.1. The molecule has 1 rings (SSSR count). The van der Waals surface area contributed by atoms with E-state index in [4.69, 9.17) is 5.73 Å². The lowest BCUT2D eigenvalue weighted by Crippen LogP contribution is -2.37. The van der Waals surface area contributed by atoms with Crippen molar-refractivity contribution in [3.8, 4) is 11.8 Å². The Balaban J connectivity index is 2.52. The number of Topliss-reactive ketones (excluding diaryl/α,β-unsaturated/α-hetero) is 1. The van der Waals surface area contributed by atoms with Crippen LogP contribution in [-0.4, -0.2) is 29.6 Å². The molecular formula is C22H37N3O2. The summed E-state index contributed by atoms with van der Waals surface area (Å²) in [7, 11) is 0. The average molecular weight is 376 g/mol. The first-order chi connectivity index (χ1) is 12.9. The van der Waals surface area contributed by atoms with Gasteiger partial charge in [0.1, 0.15) is 5.54 Å². The summed E-state index contributed by atoms with van der Waals surface area (Å²) in [6.45, 7) is 6.48. The lowest BCUT2D eigenvalue weighted by molar-refractivity contribution is -0.122. The van der Waals surface area contributed by atoms with Gasteiger partial charge in [-0.1, -0.05) is 45.5 Å². The Kier molecular flexibility index (Phi) is 10.8. The van der Waals surface area contributed by atoms with Crippen LogP contribution in [0.2, 0.25) is 0 Å². The van der Waals surface area contributed by atoms with E-state index in [0.29, 0.717) is 25.3 Å². The van der Waals surface area contributed by atoms with Crippen LogP contribution in [0.5, 0.6) is 0 Å². The highest BCUT2D eigenvalue weighted by Crippen LogP contribution is 2.32. The van der Waals surface area contributed by atoms with Crippen molar-refractivity contribution in [2.45, 2.75) is 96.9 Å². The van der Waals surface area contributed by atoms with Crippen LogP contribution in [0.3, 0.4) is 0 Å². The minimum absolute atomic E-state index is 0.0764. The van der Waals surface area contributed by atoms with E-state index < -0.39 is 5.54 Å². The summed E-state index contributed by atoms with van der Waals surface area (Å²) >= 11 is 0. The minimum atomic E-state index is -0.721. The predicted octanol–water partition coefficient (Wildman–Crippen LogP) is 3.75. The van der Waals surface area contributed by atoms with E-state index >= 15 is 0 Å². The van der Waals surface area contributed by atoms with Crippen LogP contribution in [0.25, 0.3) is 0 Å². The Morgan fingerprint density at radius 1 is 1.15 bits per heavy atom. The monoisotopic (exact) mass is 375 g/mol. The molecular weight excluding hydrogens is 338 g/mol. The molecule has 0 aliphatic heterocycles. The molecule has 0 atom stereocenters. The van der Waals surface area contributed by atoms with Crippen LogP contribution >= 0.6 is 0 Å². The molecule has 1 fully saturated rings. The Labute approximate surface area is 165 Å². The molecule has 0 unspecified atom stereocenters. The van der Waals surface area contributed by atoms with Gasteiger partial charge in [0.15, 0.2) is 11.6 Å². The number of amidine groups is 1. The number of amides is 1. The molecule has 1 aliphatic carbocycles. The molecule has 27 heavy (non-hydrogen) atoms. The van der Waals surface area contributed by atoms with Gasteiger partial charge in [0, 0.05) is 19.4 Å². The SMILES string of the molecule is CCCCC(CCCC)(N=C(N)C#CCCCNC(=O)CC1CC1)C(C)=O. The molecule has 0 bridgehead atoms. The van der Waals surface area contributed by atoms with Gasteiger partial charge in [0.25, 0.3) is 0 Å². The zero-order valence-corrected chi connectivity index (χ0v) is 17.4.